The Morgan fingerprint density at radius 3 is 2.47 bits per heavy atom. The molecule has 0 amide bonds. The number of rotatable bonds is 2. The number of ether oxygens (including phenoxy) is 1. The average Bonchev–Trinajstić information content (AvgIpc) is 2.83. The fourth-order valence-corrected chi connectivity index (χ4v) is 3.75. The van der Waals surface area contributed by atoms with Crippen LogP contribution in [0.4, 0.5) is 5.69 Å². The van der Waals surface area contributed by atoms with Crippen LogP contribution in [0.5, 0.6) is 0 Å². The van der Waals surface area contributed by atoms with E-state index in [4.69, 9.17) is 10.5 Å². The number of nitrogen functional groups attached to an aromatic ring is 1. The molecule has 0 atom stereocenters. The van der Waals surface area contributed by atoms with Crippen molar-refractivity contribution in [1.29, 1.82) is 0 Å². The van der Waals surface area contributed by atoms with Gasteiger partial charge in [-0.05, 0) is 39.7 Å². The van der Waals surface area contributed by atoms with Crippen LogP contribution in [0.1, 0.15) is 67.9 Å². The summed E-state index contributed by atoms with van der Waals surface area (Å²) in [6.45, 7) is 7.87. The van der Waals surface area contributed by atoms with Crippen molar-refractivity contribution >= 4 is 23.0 Å². The van der Waals surface area contributed by atoms with Crippen molar-refractivity contribution in [2.45, 2.75) is 64.4 Å². The van der Waals surface area contributed by atoms with Gasteiger partial charge in [-0.25, -0.2) is 4.79 Å². The first-order chi connectivity index (χ1) is 8.71. The van der Waals surface area contributed by atoms with Crippen LogP contribution in [0.25, 0.3) is 0 Å². The Morgan fingerprint density at radius 1 is 1.37 bits per heavy atom. The third-order valence-electron chi connectivity index (χ3n) is 3.65. The highest BCUT2D eigenvalue weighted by Crippen LogP contribution is 2.45. The second-order valence-electron chi connectivity index (χ2n) is 6.66. The number of hydrogen-bond donors (Lipinski definition) is 1. The van der Waals surface area contributed by atoms with Crippen molar-refractivity contribution in [2.24, 2.45) is 0 Å². The van der Waals surface area contributed by atoms with E-state index in [0.717, 1.165) is 0 Å². The molecule has 106 valence electrons. The molecule has 4 heteroatoms. The van der Waals surface area contributed by atoms with Gasteiger partial charge in [-0.3, -0.25) is 0 Å². The average molecular weight is 281 g/mol. The van der Waals surface area contributed by atoms with Crippen molar-refractivity contribution in [1.82, 2.24) is 0 Å². The fourth-order valence-electron chi connectivity index (χ4n) is 2.59. The van der Waals surface area contributed by atoms with Crippen LogP contribution >= 0.6 is 11.3 Å². The summed E-state index contributed by atoms with van der Waals surface area (Å²) in [4.78, 5) is 13.9. The standard InChI is InChI=1S/C15H23NO2S/c1-14(2,3)18-13(17)12-10(16)9-11(19-12)15(4)7-5-6-8-15/h9H,5-8,16H2,1-4H3. The SMILES string of the molecule is CC(C)(C)OC(=O)c1sc(C2(C)CCCC2)cc1N. The lowest BCUT2D eigenvalue weighted by Crippen LogP contribution is -2.23. The maximum Gasteiger partial charge on any atom is 0.350 e. The molecule has 3 nitrogen and oxygen atoms in total. The molecule has 0 aromatic carbocycles. The fraction of sp³-hybridized carbons (Fsp3) is 0.667. The van der Waals surface area contributed by atoms with Crippen LogP contribution < -0.4 is 5.73 Å². The predicted octanol–water partition coefficient (Wildman–Crippen LogP) is 4.12. The number of carbonyl (C=O) groups excluding carboxylic acids is 1. The molecule has 19 heavy (non-hydrogen) atoms. The van der Waals surface area contributed by atoms with Gasteiger partial charge in [-0.1, -0.05) is 19.8 Å². The highest BCUT2D eigenvalue weighted by Gasteiger charge is 2.34. The summed E-state index contributed by atoms with van der Waals surface area (Å²) in [5.74, 6) is -0.303. The van der Waals surface area contributed by atoms with Gasteiger partial charge in [0.1, 0.15) is 10.5 Å². The summed E-state index contributed by atoms with van der Waals surface area (Å²) in [6.07, 6.45) is 4.88. The number of nitrogens with two attached hydrogens (primary N) is 1. The van der Waals surface area contributed by atoms with Crippen LogP contribution in [0.15, 0.2) is 6.07 Å². The smallest absolute Gasteiger partial charge is 0.350 e. The summed E-state index contributed by atoms with van der Waals surface area (Å²) < 4.78 is 5.40. The van der Waals surface area contributed by atoms with Crippen LogP contribution in [-0.2, 0) is 10.2 Å². The molecule has 0 unspecified atom stereocenters. The van der Waals surface area contributed by atoms with Gasteiger partial charge in [-0.15, -0.1) is 11.3 Å². The number of anilines is 1. The van der Waals surface area contributed by atoms with Crippen LogP contribution in [0.2, 0.25) is 0 Å². The predicted molar refractivity (Wildman–Crippen MR) is 79.7 cm³/mol. The second-order valence-corrected chi connectivity index (χ2v) is 7.72. The van der Waals surface area contributed by atoms with Gasteiger partial charge < -0.3 is 10.5 Å². The molecule has 1 aliphatic rings. The molecule has 1 fully saturated rings. The minimum atomic E-state index is -0.481. The third kappa shape index (κ3) is 3.11. The Balaban J connectivity index is 2.24. The molecule has 1 aromatic heterocycles. The Kier molecular flexibility index (Phi) is 3.65. The molecule has 1 saturated carbocycles. The van der Waals surface area contributed by atoms with Crippen molar-refractivity contribution in [3.8, 4) is 0 Å². The minimum Gasteiger partial charge on any atom is -0.456 e. The van der Waals surface area contributed by atoms with Crippen molar-refractivity contribution in [3.05, 3.63) is 15.8 Å². The molecular formula is C15H23NO2S. The van der Waals surface area contributed by atoms with Gasteiger partial charge in [0.2, 0.25) is 0 Å². The second kappa shape index (κ2) is 4.82. The maximum absolute atomic E-state index is 12.1. The van der Waals surface area contributed by atoms with Gasteiger partial charge in [0.15, 0.2) is 0 Å². The Labute approximate surface area is 119 Å². The minimum absolute atomic E-state index is 0.194. The number of hydrogen-bond acceptors (Lipinski definition) is 4. The van der Waals surface area contributed by atoms with E-state index < -0.39 is 5.60 Å². The number of carbonyl (C=O) groups is 1. The largest absolute Gasteiger partial charge is 0.456 e. The zero-order chi connectivity index (χ0) is 14.3. The molecule has 1 aliphatic carbocycles. The molecule has 0 bridgehead atoms. The Hall–Kier alpha value is -1.03. The van der Waals surface area contributed by atoms with Crippen molar-refractivity contribution in [3.63, 3.8) is 0 Å². The van der Waals surface area contributed by atoms with Gasteiger partial charge in [0.25, 0.3) is 0 Å². The molecule has 1 heterocycles. The topological polar surface area (TPSA) is 52.3 Å². The summed E-state index contributed by atoms with van der Waals surface area (Å²) >= 11 is 1.50. The molecular weight excluding hydrogens is 258 g/mol. The molecule has 2 N–H and O–H groups in total. The number of thiophene rings is 1. The van der Waals surface area contributed by atoms with Crippen molar-refractivity contribution < 1.29 is 9.53 Å². The quantitative estimate of drug-likeness (QED) is 0.830. The van der Waals surface area contributed by atoms with Crippen LogP contribution in [-0.4, -0.2) is 11.6 Å². The highest BCUT2D eigenvalue weighted by molar-refractivity contribution is 7.14. The van der Waals surface area contributed by atoms with Crippen LogP contribution in [0.3, 0.4) is 0 Å². The Bertz CT molecular complexity index is 479. The number of esters is 1. The lowest BCUT2D eigenvalue weighted by Gasteiger charge is -2.21. The first kappa shape index (κ1) is 14.4. The summed E-state index contributed by atoms with van der Waals surface area (Å²) in [7, 11) is 0. The van der Waals surface area contributed by atoms with E-state index in [0.29, 0.717) is 10.6 Å². The van der Waals surface area contributed by atoms with E-state index in [1.807, 2.05) is 26.8 Å². The molecule has 0 radical (unpaired) electrons. The van der Waals surface area contributed by atoms with E-state index >= 15 is 0 Å². The third-order valence-corrected chi connectivity index (χ3v) is 5.08. The highest BCUT2D eigenvalue weighted by atomic mass is 32.1. The maximum atomic E-state index is 12.1. The first-order valence-electron chi connectivity index (χ1n) is 6.84. The lowest BCUT2D eigenvalue weighted by atomic mass is 9.87. The first-order valence-corrected chi connectivity index (χ1v) is 7.66. The van der Waals surface area contributed by atoms with E-state index in [1.165, 1.54) is 41.9 Å². The van der Waals surface area contributed by atoms with Gasteiger partial charge >= 0.3 is 5.97 Å². The van der Waals surface area contributed by atoms with E-state index in [2.05, 4.69) is 6.92 Å². The van der Waals surface area contributed by atoms with Gasteiger partial charge in [0, 0.05) is 10.3 Å². The molecule has 0 saturated heterocycles. The van der Waals surface area contributed by atoms with Gasteiger partial charge in [-0.2, -0.15) is 0 Å². The summed E-state index contributed by atoms with van der Waals surface area (Å²) in [6, 6.07) is 1.97. The molecule has 1 aromatic rings. The van der Waals surface area contributed by atoms with E-state index in [-0.39, 0.29) is 11.4 Å². The lowest BCUT2D eigenvalue weighted by molar-refractivity contribution is 0.00764. The zero-order valence-corrected chi connectivity index (χ0v) is 13.0. The molecule has 0 aliphatic heterocycles. The van der Waals surface area contributed by atoms with E-state index in [9.17, 15) is 4.79 Å². The molecule has 0 spiro atoms. The van der Waals surface area contributed by atoms with Crippen LogP contribution in [0, 0.1) is 0 Å². The Morgan fingerprint density at radius 2 is 1.95 bits per heavy atom. The van der Waals surface area contributed by atoms with Gasteiger partial charge in [0.05, 0.1) is 5.69 Å². The molecule has 2 rings (SSSR count). The zero-order valence-electron chi connectivity index (χ0n) is 12.2. The normalized spacial score (nSPS) is 18.5. The summed E-state index contributed by atoms with van der Waals surface area (Å²) in [5, 5.41) is 0. The monoisotopic (exact) mass is 281 g/mol. The summed E-state index contributed by atoms with van der Waals surface area (Å²) in [5.41, 5.74) is 6.27. The van der Waals surface area contributed by atoms with Crippen molar-refractivity contribution in [2.75, 3.05) is 5.73 Å². The van der Waals surface area contributed by atoms with E-state index in [1.54, 1.807) is 0 Å².